The molecule has 5 nitrogen and oxygen atoms in total. The Balaban J connectivity index is 3.07. The van der Waals surface area contributed by atoms with E-state index in [9.17, 15) is 0 Å². The van der Waals surface area contributed by atoms with Crippen LogP contribution in [0.4, 0.5) is 0 Å². The maximum atomic E-state index is 8.93. The largest absolute Gasteiger partial charge is 0.508 e. The molecular weight excluding hydrogens is 150 g/mol. The van der Waals surface area contributed by atoms with Crippen LogP contribution in [0.25, 0.3) is 0 Å². The van der Waals surface area contributed by atoms with Gasteiger partial charge in [-0.05, 0) is 0 Å². The predicted molar refractivity (Wildman–Crippen MR) is 37.2 cm³/mol. The average Bonchev–Trinajstić information content (AvgIpc) is 1.97. The molecule has 0 aromatic heterocycles. The van der Waals surface area contributed by atoms with Gasteiger partial charge in [-0.2, -0.15) is 0 Å². The van der Waals surface area contributed by atoms with Crippen LogP contribution in [-0.2, 0) is 0 Å². The first-order valence-electron chi connectivity index (χ1n) is 3.03. The molecule has 1 aliphatic rings. The van der Waals surface area contributed by atoms with E-state index in [2.05, 4.69) is 0 Å². The van der Waals surface area contributed by atoms with Gasteiger partial charge in [0.05, 0.1) is 6.04 Å². The van der Waals surface area contributed by atoms with Gasteiger partial charge < -0.3 is 26.2 Å². The minimum atomic E-state index is -0.842. The van der Waals surface area contributed by atoms with Crippen molar-refractivity contribution in [2.45, 2.75) is 12.5 Å². The van der Waals surface area contributed by atoms with Crippen LogP contribution < -0.4 is 5.73 Å². The zero-order valence-corrected chi connectivity index (χ0v) is 5.65. The summed E-state index contributed by atoms with van der Waals surface area (Å²) in [5, 5.41) is 35.5. The van der Waals surface area contributed by atoms with Crippen molar-refractivity contribution in [3.63, 3.8) is 0 Å². The smallest absolute Gasteiger partial charge is 0.201 e. The van der Waals surface area contributed by atoms with Gasteiger partial charge in [-0.15, -0.1) is 0 Å². The molecule has 0 spiro atoms. The van der Waals surface area contributed by atoms with Crippen LogP contribution in [0.5, 0.6) is 0 Å². The molecule has 0 aromatic rings. The van der Waals surface area contributed by atoms with Gasteiger partial charge in [0.2, 0.25) is 5.76 Å². The zero-order valence-electron chi connectivity index (χ0n) is 5.65. The van der Waals surface area contributed by atoms with Crippen molar-refractivity contribution in [1.82, 2.24) is 0 Å². The van der Waals surface area contributed by atoms with E-state index in [1.807, 2.05) is 0 Å². The number of aliphatic hydroxyl groups is 4. The standard InChI is InChI=1S/C6H9NO4/c7-2-1-3(8)5(10)6(11)4(2)9/h2,8-11H,1,7H2. The van der Waals surface area contributed by atoms with Crippen LogP contribution in [0.15, 0.2) is 23.0 Å². The molecule has 1 atom stereocenters. The quantitative estimate of drug-likeness (QED) is 0.351. The molecule has 0 radical (unpaired) electrons. The average molecular weight is 159 g/mol. The summed E-state index contributed by atoms with van der Waals surface area (Å²) >= 11 is 0. The Morgan fingerprint density at radius 2 is 1.64 bits per heavy atom. The van der Waals surface area contributed by atoms with Gasteiger partial charge in [0.25, 0.3) is 0 Å². The third-order valence-corrected chi connectivity index (χ3v) is 1.50. The number of rotatable bonds is 0. The molecule has 0 saturated carbocycles. The summed E-state index contributed by atoms with van der Waals surface area (Å²) in [4.78, 5) is 0. The summed E-state index contributed by atoms with van der Waals surface area (Å²) in [5.74, 6) is -2.36. The van der Waals surface area contributed by atoms with Crippen LogP contribution in [-0.4, -0.2) is 26.5 Å². The Bertz CT molecular complexity index is 243. The Hall–Kier alpha value is -1.36. The fourth-order valence-electron chi connectivity index (χ4n) is 0.835. The van der Waals surface area contributed by atoms with Crippen LogP contribution >= 0.6 is 0 Å². The minimum absolute atomic E-state index is 0.0677. The number of hydrogen-bond donors (Lipinski definition) is 5. The maximum Gasteiger partial charge on any atom is 0.201 e. The van der Waals surface area contributed by atoms with Crippen molar-refractivity contribution in [2.24, 2.45) is 5.73 Å². The predicted octanol–water partition coefficient (Wildman–Crippen LogP) is 0.373. The molecule has 0 aliphatic heterocycles. The van der Waals surface area contributed by atoms with E-state index in [1.54, 1.807) is 0 Å². The van der Waals surface area contributed by atoms with Crippen molar-refractivity contribution in [3.8, 4) is 0 Å². The molecule has 1 unspecified atom stereocenters. The van der Waals surface area contributed by atoms with Gasteiger partial charge in [0.15, 0.2) is 11.5 Å². The fourth-order valence-corrected chi connectivity index (χ4v) is 0.835. The van der Waals surface area contributed by atoms with Gasteiger partial charge >= 0.3 is 0 Å². The molecule has 11 heavy (non-hydrogen) atoms. The fraction of sp³-hybridized carbons (Fsp3) is 0.333. The number of aliphatic hydroxyl groups excluding tert-OH is 4. The lowest BCUT2D eigenvalue weighted by Crippen LogP contribution is -2.28. The van der Waals surface area contributed by atoms with Crippen LogP contribution in [0, 0.1) is 0 Å². The Kier molecular flexibility index (Phi) is 1.66. The van der Waals surface area contributed by atoms with Gasteiger partial charge in [-0.3, -0.25) is 0 Å². The zero-order chi connectivity index (χ0) is 8.59. The lowest BCUT2D eigenvalue weighted by molar-refractivity contribution is 0.218. The van der Waals surface area contributed by atoms with Gasteiger partial charge in [-0.1, -0.05) is 0 Å². The number of hydrogen-bond acceptors (Lipinski definition) is 5. The van der Waals surface area contributed by atoms with E-state index in [0.29, 0.717) is 0 Å². The van der Waals surface area contributed by atoms with E-state index in [4.69, 9.17) is 26.2 Å². The second-order valence-corrected chi connectivity index (χ2v) is 2.34. The van der Waals surface area contributed by atoms with E-state index in [-0.39, 0.29) is 6.42 Å². The van der Waals surface area contributed by atoms with Crippen LogP contribution in [0.1, 0.15) is 6.42 Å². The molecule has 1 rings (SSSR count). The lowest BCUT2D eigenvalue weighted by Gasteiger charge is -2.17. The molecular formula is C6H9NO4. The van der Waals surface area contributed by atoms with E-state index >= 15 is 0 Å². The Labute approximate surface area is 62.7 Å². The summed E-state index contributed by atoms with van der Waals surface area (Å²) in [6.45, 7) is 0. The van der Waals surface area contributed by atoms with E-state index in [0.717, 1.165) is 0 Å². The minimum Gasteiger partial charge on any atom is -0.508 e. The first-order chi connectivity index (χ1) is 5.04. The highest BCUT2D eigenvalue weighted by molar-refractivity contribution is 5.30. The topological polar surface area (TPSA) is 107 Å². The van der Waals surface area contributed by atoms with Crippen LogP contribution in [0.3, 0.4) is 0 Å². The number of nitrogens with two attached hydrogens (primary N) is 1. The maximum absolute atomic E-state index is 8.93. The van der Waals surface area contributed by atoms with E-state index < -0.39 is 29.1 Å². The molecule has 6 N–H and O–H groups in total. The van der Waals surface area contributed by atoms with Crippen molar-refractivity contribution in [1.29, 1.82) is 0 Å². The molecule has 0 heterocycles. The third kappa shape index (κ3) is 1.10. The second kappa shape index (κ2) is 2.35. The summed E-state index contributed by atoms with van der Waals surface area (Å²) in [7, 11) is 0. The molecule has 0 saturated heterocycles. The molecule has 0 bridgehead atoms. The SMILES string of the molecule is NC1CC(O)=C(O)C(O)=C1O. The monoisotopic (exact) mass is 159 g/mol. The third-order valence-electron chi connectivity index (χ3n) is 1.50. The van der Waals surface area contributed by atoms with Gasteiger partial charge in [0.1, 0.15) is 5.76 Å². The second-order valence-electron chi connectivity index (χ2n) is 2.34. The summed E-state index contributed by atoms with van der Waals surface area (Å²) in [6.07, 6.45) is -0.0677. The van der Waals surface area contributed by atoms with Gasteiger partial charge in [-0.25, -0.2) is 0 Å². The molecule has 1 aliphatic carbocycles. The molecule has 62 valence electrons. The Morgan fingerprint density at radius 3 is 2.18 bits per heavy atom. The first kappa shape index (κ1) is 7.74. The highest BCUT2D eigenvalue weighted by Crippen LogP contribution is 2.22. The molecule has 0 amide bonds. The van der Waals surface area contributed by atoms with Crippen molar-refractivity contribution < 1.29 is 20.4 Å². The molecule has 0 fully saturated rings. The molecule has 5 heteroatoms. The Morgan fingerprint density at radius 1 is 1.09 bits per heavy atom. The summed E-state index contributed by atoms with van der Waals surface area (Å²) in [6, 6.07) is -0.842. The molecule has 0 aromatic carbocycles. The summed E-state index contributed by atoms with van der Waals surface area (Å²) < 4.78 is 0. The van der Waals surface area contributed by atoms with Gasteiger partial charge in [0, 0.05) is 6.42 Å². The highest BCUT2D eigenvalue weighted by atomic mass is 16.3. The lowest BCUT2D eigenvalue weighted by atomic mass is 10.0. The summed E-state index contributed by atoms with van der Waals surface area (Å²) in [5.41, 5.74) is 5.25. The van der Waals surface area contributed by atoms with E-state index in [1.165, 1.54) is 0 Å². The van der Waals surface area contributed by atoms with Crippen molar-refractivity contribution in [3.05, 3.63) is 23.0 Å². The normalized spacial score (nSPS) is 26.1. The van der Waals surface area contributed by atoms with Crippen LogP contribution in [0.2, 0.25) is 0 Å². The first-order valence-corrected chi connectivity index (χ1v) is 3.03. The van der Waals surface area contributed by atoms with Crippen molar-refractivity contribution in [2.75, 3.05) is 0 Å². The van der Waals surface area contributed by atoms with Crippen molar-refractivity contribution >= 4 is 0 Å². The highest BCUT2D eigenvalue weighted by Gasteiger charge is 2.26.